The number of nitrogens with zero attached hydrogens (tertiary/aromatic N) is 2. The van der Waals surface area contributed by atoms with Gasteiger partial charge in [0.1, 0.15) is 0 Å². The quantitative estimate of drug-likeness (QED) is 0.911. The number of carboxylic acids is 1. The van der Waals surface area contributed by atoms with E-state index >= 15 is 0 Å². The van der Waals surface area contributed by atoms with E-state index in [0.29, 0.717) is 6.54 Å². The molecule has 0 aliphatic carbocycles. The molecule has 1 saturated heterocycles. The number of hydrogen-bond donors (Lipinski definition) is 1. The maximum atomic E-state index is 12.9. The second-order valence-corrected chi connectivity index (χ2v) is 6.57. The van der Waals surface area contributed by atoms with Crippen molar-refractivity contribution in [2.24, 2.45) is 0 Å². The van der Waals surface area contributed by atoms with Gasteiger partial charge in [-0.2, -0.15) is 0 Å². The first-order valence-electron chi connectivity index (χ1n) is 8.54. The fraction of sp³-hybridized carbons (Fsp3) is 0.421. The zero-order valence-electron chi connectivity index (χ0n) is 14.2. The Morgan fingerprint density at radius 1 is 1.20 bits per heavy atom. The van der Waals surface area contributed by atoms with Crippen LogP contribution in [0, 0.1) is 0 Å². The first-order chi connectivity index (χ1) is 12.0. The molecule has 2 heterocycles. The zero-order valence-corrected chi connectivity index (χ0v) is 14.2. The summed E-state index contributed by atoms with van der Waals surface area (Å²) in [6.07, 6.45) is 5.28. The van der Waals surface area contributed by atoms with Crippen LogP contribution < -0.4 is 0 Å². The molecule has 0 bridgehead atoms. The molecule has 0 saturated carbocycles. The van der Waals surface area contributed by atoms with Crippen molar-refractivity contribution in [1.29, 1.82) is 0 Å². The lowest BCUT2D eigenvalue weighted by Gasteiger charge is -2.34. The summed E-state index contributed by atoms with van der Waals surface area (Å²) in [5.74, 6) is -1.10. The van der Waals surface area contributed by atoms with Crippen molar-refractivity contribution in [3.05, 3.63) is 41.6 Å². The highest BCUT2D eigenvalue weighted by molar-refractivity contribution is 5.82. The highest BCUT2D eigenvalue weighted by atomic mass is 16.4. The number of likely N-dealkylation sites (tertiary alicyclic amines) is 1. The Morgan fingerprint density at radius 2 is 1.96 bits per heavy atom. The van der Waals surface area contributed by atoms with Crippen LogP contribution in [0.5, 0.6) is 0 Å². The molecule has 3 rings (SSSR count). The normalized spacial score (nSPS) is 22.0. The molecule has 2 unspecified atom stereocenters. The van der Waals surface area contributed by atoms with Crippen molar-refractivity contribution in [3.63, 3.8) is 0 Å². The summed E-state index contributed by atoms with van der Waals surface area (Å²) in [4.78, 5) is 39.1. The predicted octanol–water partition coefficient (Wildman–Crippen LogP) is 2.42. The van der Waals surface area contributed by atoms with Crippen LogP contribution in [-0.2, 0) is 14.4 Å². The Balaban J connectivity index is 1.81. The van der Waals surface area contributed by atoms with Gasteiger partial charge in [-0.15, -0.1) is 0 Å². The predicted molar refractivity (Wildman–Crippen MR) is 92.3 cm³/mol. The highest BCUT2D eigenvalue weighted by Gasteiger charge is 2.34. The number of aliphatic carboxylic acids is 1. The number of carbonyl (C=O) groups excluding carboxylic acids is 2. The Morgan fingerprint density at radius 3 is 2.68 bits per heavy atom. The van der Waals surface area contributed by atoms with Crippen molar-refractivity contribution in [2.45, 2.75) is 44.7 Å². The van der Waals surface area contributed by atoms with Gasteiger partial charge in [-0.1, -0.05) is 24.3 Å². The summed E-state index contributed by atoms with van der Waals surface area (Å²) in [5, 5.41) is 9.04. The molecule has 0 radical (unpaired) electrons. The third kappa shape index (κ3) is 3.57. The smallest absolute Gasteiger partial charge is 0.305 e. The van der Waals surface area contributed by atoms with E-state index in [9.17, 15) is 14.4 Å². The molecular formula is C19H22N2O4. The third-order valence-corrected chi connectivity index (χ3v) is 4.94. The lowest BCUT2D eigenvalue weighted by Crippen LogP contribution is -2.40. The zero-order chi connectivity index (χ0) is 18.0. The first kappa shape index (κ1) is 17.2. The number of rotatable bonds is 4. The average Bonchev–Trinajstić information content (AvgIpc) is 3.02. The van der Waals surface area contributed by atoms with Crippen LogP contribution >= 0.6 is 0 Å². The minimum absolute atomic E-state index is 0.0245. The van der Waals surface area contributed by atoms with Crippen molar-refractivity contribution in [3.8, 4) is 0 Å². The SMILES string of the molecule is CC(=O)N1C=Cc2ccccc2C1CC(=O)N1CCCC1CC(=O)O. The van der Waals surface area contributed by atoms with Gasteiger partial charge in [0, 0.05) is 25.7 Å². The van der Waals surface area contributed by atoms with Crippen LogP contribution in [0.4, 0.5) is 0 Å². The largest absolute Gasteiger partial charge is 0.481 e. The highest BCUT2D eigenvalue weighted by Crippen LogP contribution is 2.34. The van der Waals surface area contributed by atoms with Crippen LogP contribution in [0.25, 0.3) is 6.08 Å². The number of amides is 2. The minimum atomic E-state index is -0.888. The third-order valence-electron chi connectivity index (χ3n) is 4.94. The summed E-state index contributed by atoms with van der Waals surface area (Å²) in [6, 6.07) is 7.13. The summed E-state index contributed by atoms with van der Waals surface area (Å²) in [7, 11) is 0. The number of benzene rings is 1. The Kier molecular flexibility index (Phi) is 4.88. The molecule has 6 heteroatoms. The van der Waals surface area contributed by atoms with E-state index in [4.69, 9.17) is 5.11 Å². The molecule has 0 spiro atoms. The average molecular weight is 342 g/mol. The number of fused-ring (bicyclic) bond motifs is 1. The summed E-state index contributed by atoms with van der Waals surface area (Å²) in [5.41, 5.74) is 1.95. The molecule has 0 aromatic heterocycles. The van der Waals surface area contributed by atoms with Gasteiger partial charge in [0.25, 0.3) is 0 Å². The van der Waals surface area contributed by atoms with E-state index in [1.165, 1.54) is 6.92 Å². The van der Waals surface area contributed by atoms with Gasteiger partial charge in [0.2, 0.25) is 11.8 Å². The van der Waals surface area contributed by atoms with Gasteiger partial charge in [-0.25, -0.2) is 0 Å². The molecular weight excluding hydrogens is 320 g/mol. The number of carbonyl (C=O) groups is 3. The van der Waals surface area contributed by atoms with E-state index < -0.39 is 5.97 Å². The van der Waals surface area contributed by atoms with Crippen molar-refractivity contribution >= 4 is 23.9 Å². The maximum absolute atomic E-state index is 12.9. The van der Waals surface area contributed by atoms with E-state index in [-0.39, 0.29) is 36.7 Å². The molecule has 2 atom stereocenters. The minimum Gasteiger partial charge on any atom is -0.481 e. The van der Waals surface area contributed by atoms with Gasteiger partial charge in [0.05, 0.1) is 18.9 Å². The van der Waals surface area contributed by atoms with Crippen LogP contribution in [0.2, 0.25) is 0 Å². The monoisotopic (exact) mass is 342 g/mol. The molecule has 1 aromatic rings. The van der Waals surface area contributed by atoms with Crippen LogP contribution in [0.3, 0.4) is 0 Å². The van der Waals surface area contributed by atoms with Crippen LogP contribution in [-0.4, -0.2) is 45.3 Å². The molecule has 2 amide bonds. The Bertz CT molecular complexity index is 728. The molecule has 2 aliphatic rings. The Labute approximate surface area is 146 Å². The first-order valence-corrected chi connectivity index (χ1v) is 8.54. The maximum Gasteiger partial charge on any atom is 0.305 e. The summed E-state index contributed by atoms with van der Waals surface area (Å²) >= 11 is 0. The molecule has 2 aliphatic heterocycles. The Hall–Kier alpha value is -2.63. The second kappa shape index (κ2) is 7.09. The topological polar surface area (TPSA) is 77.9 Å². The van der Waals surface area contributed by atoms with Crippen LogP contribution in [0.15, 0.2) is 30.5 Å². The summed E-state index contributed by atoms with van der Waals surface area (Å²) < 4.78 is 0. The fourth-order valence-electron chi connectivity index (χ4n) is 3.77. The van der Waals surface area contributed by atoms with Crippen molar-refractivity contribution in [2.75, 3.05) is 6.54 Å². The molecule has 6 nitrogen and oxygen atoms in total. The van der Waals surface area contributed by atoms with Crippen molar-refractivity contribution < 1.29 is 19.5 Å². The molecule has 132 valence electrons. The van der Waals surface area contributed by atoms with Crippen molar-refractivity contribution in [1.82, 2.24) is 9.80 Å². The van der Waals surface area contributed by atoms with E-state index in [0.717, 1.165) is 24.0 Å². The van der Waals surface area contributed by atoms with Gasteiger partial charge in [0.15, 0.2) is 0 Å². The van der Waals surface area contributed by atoms with E-state index in [1.54, 1.807) is 16.0 Å². The van der Waals surface area contributed by atoms with Gasteiger partial charge in [-0.05, 0) is 30.0 Å². The van der Waals surface area contributed by atoms with Gasteiger partial charge in [-0.3, -0.25) is 14.4 Å². The molecule has 1 N–H and O–H groups in total. The summed E-state index contributed by atoms with van der Waals surface area (Å²) in [6.45, 7) is 2.07. The van der Waals surface area contributed by atoms with E-state index in [1.807, 2.05) is 30.3 Å². The molecule has 25 heavy (non-hydrogen) atoms. The fourth-order valence-corrected chi connectivity index (χ4v) is 3.77. The second-order valence-electron chi connectivity index (χ2n) is 6.57. The van der Waals surface area contributed by atoms with Crippen LogP contribution in [0.1, 0.15) is 49.8 Å². The molecule has 1 aromatic carbocycles. The van der Waals surface area contributed by atoms with Gasteiger partial charge < -0.3 is 14.9 Å². The lowest BCUT2D eigenvalue weighted by atomic mass is 9.93. The van der Waals surface area contributed by atoms with Gasteiger partial charge >= 0.3 is 5.97 Å². The lowest BCUT2D eigenvalue weighted by molar-refractivity contribution is -0.140. The van der Waals surface area contributed by atoms with E-state index in [2.05, 4.69) is 0 Å². The standard InChI is InChI=1S/C19H22N2O4/c1-13(22)20-10-8-14-5-2-3-7-16(14)17(20)12-18(23)21-9-4-6-15(21)11-19(24)25/h2-3,5,7-8,10,15,17H,4,6,9,11-12H2,1H3,(H,24,25). The number of carboxylic acid groups (broad SMARTS) is 1. The molecule has 1 fully saturated rings. The number of hydrogen-bond acceptors (Lipinski definition) is 3.